The van der Waals surface area contributed by atoms with Crippen molar-refractivity contribution in [3.63, 3.8) is 0 Å². The molecule has 0 atom stereocenters. The summed E-state index contributed by atoms with van der Waals surface area (Å²) < 4.78 is 0. The highest BCUT2D eigenvalue weighted by atomic mass is 16.3. The highest BCUT2D eigenvalue weighted by Crippen LogP contribution is 2.25. The number of carbonyl (C=O) groups excluding carboxylic acids is 1. The molecule has 1 aromatic carbocycles. The molecule has 0 saturated heterocycles. The first-order valence-corrected chi connectivity index (χ1v) is 5.38. The van der Waals surface area contributed by atoms with Crippen LogP contribution in [0.1, 0.15) is 32.8 Å². The Morgan fingerprint density at radius 2 is 2.00 bits per heavy atom. The third kappa shape index (κ3) is 3.57. The second kappa shape index (κ2) is 4.56. The van der Waals surface area contributed by atoms with E-state index in [0.29, 0.717) is 17.7 Å². The first-order chi connectivity index (χ1) is 7.29. The number of hydrogen-bond acceptors (Lipinski definition) is 2. The van der Waals surface area contributed by atoms with Crippen molar-refractivity contribution in [2.45, 2.75) is 34.1 Å². The molecule has 2 N–H and O–H groups in total. The van der Waals surface area contributed by atoms with Gasteiger partial charge < -0.3 is 10.4 Å². The predicted octanol–water partition coefficient (Wildman–Crippen LogP) is 3.08. The Kier molecular flexibility index (Phi) is 3.58. The van der Waals surface area contributed by atoms with Gasteiger partial charge >= 0.3 is 0 Å². The van der Waals surface area contributed by atoms with Gasteiger partial charge in [0.15, 0.2) is 0 Å². The van der Waals surface area contributed by atoms with Crippen LogP contribution in [0.3, 0.4) is 0 Å². The van der Waals surface area contributed by atoms with Crippen LogP contribution in [0.5, 0.6) is 5.75 Å². The molecular formula is C13H19NO2. The van der Waals surface area contributed by atoms with Crippen LogP contribution in [0.2, 0.25) is 0 Å². The summed E-state index contributed by atoms with van der Waals surface area (Å²) in [6.45, 7) is 7.83. The number of nitrogens with one attached hydrogen (secondary N) is 1. The van der Waals surface area contributed by atoms with Gasteiger partial charge in [-0.05, 0) is 24.5 Å². The van der Waals surface area contributed by atoms with Gasteiger partial charge in [0.1, 0.15) is 5.75 Å². The molecule has 0 unspecified atom stereocenters. The molecule has 16 heavy (non-hydrogen) atoms. The van der Waals surface area contributed by atoms with Crippen molar-refractivity contribution >= 4 is 11.6 Å². The van der Waals surface area contributed by atoms with Crippen molar-refractivity contribution < 1.29 is 9.90 Å². The Morgan fingerprint density at radius 1 is 1.38 bits per heavy atom. The molecule has 0 saturated carbocycles. The minimum absolute atomic E-state index is 0.0267. The molecule has 1 amide bonds. The van der Waals surface area contributed by atoms with Gasteiger partial charge in [0.25, 0.3) is 0 Å². The number of carbonyl (C=O) groups is 1. The molecule has 0 aliphatic heterocycles. The molecule has 0 spiro atoms. The molecule has 0 heterocycles. The highest BCUT2D eigenvalue weighted by molar-refractivity contribution is 5.92. The fraction of sp³-hybridized carbons (Fsp3) is 0.462. The number of rotatable bonds is 2. The van der Waals surface area contributed by atoms with E-state index in [1.54, 1.807) is 25.1 Å². The Labute approximate surface area is 96.5 Å². The lowest BCUT2D eigenvalue weighted by Gasteiger charge is -2.18. The van der Waals surface area contributed by atoms with Crippen molar-refractivity contribution in [3.05, 3.63) is 23.8 Å². The van der Waals surface area contributed by atoms with Gasteiger partial charge in [0, 0.05) is 17.7 Å². The van der Waals surface area contributed by atoms with Crippen LogP contribution in [0.15, 0.2) is 18.2 Å². The number of benzene rings is 1. The molecule has 0 fully saturated rings. The molecule has 1 aromatic rings. The van der Waals surface area contributed by atoms with Gasteiger partial charge in [0.2, 0.25) is 5.91 Å². The Bertz CT molecular complexity index is 391. The van der Waals surface area contributed by atoms with Crippen LogP contribution in [-0.2, 0) is 4.79 Å². The molecule has 0 aliphatic rings. The first kappa shape index (κ1) is 12.6. The lowest BCUT2D eigenvalue weighted by atomic mass is 9.92. The van der Waals surface area contributed by atoms with Gasteiger partial charge in [0.05, 0.1) is 0 Å². The second-order valence-electron chi connectivity index (χ2n) is 5.24. The number of hydrogen-bond donors (Lipinski definition) is 2. The maximum absolute atomic E-state index is 11.7. The molecule has 88 valence electrons. The van der Waals surface area contributed by atoms with E-state index in [2.05, 4.69) is 5.32 Å². The SMILES string of the molecule is Cc1c(O)cccc1NC(=O)CC(C)(C)C. The van der Waals surface area contributed by atoms with E-state index >= 15 is 0 Å². The minimum atomic E-state index is -0.0329. The zero-order chi connectivity index (χ0) is 12.3. The topological polar surface area (TPSA) is 49.3 Å². The van der Waals surface area contributed by atoms with E-state index in [-0.39, 0.29) is 17.1 Å². The van der Waals surface area contributed by atoms with Crippen molar-refractivity contribution in [1.29, 1.82) is 0 Å². The Hall–Kier alpha value is -1.51. The van der Waals surface area contributed by atoms with E-state index in [1.165, 1.54) is 0 Å². The summed E-state index contributed by atoms with van der Waals surface area (Å²) in [5.74, 6) is 0.176. The normalized spacial score (nSPS) is 11.2. The lowest BCUT2D eigenvalue weighted by molar-refractivity contribution is -0.117. The van der Waals surface area contributed by atoms with Crippen molar-refractivity contribution in [2.75, 3.05) is 5.32 Å². The monoisotopic (exact) mass is 221 g/mol. The van der Waals surface area contributed by atoms with E-state index < -0.39 is 0 Å². The summed E-state index contributed by atoms with van der Waals surface area (Å²) in [5.41, 5.74) is 1.34. The summed E-state index contributed by atoms with van der Waals surface area (Å²) in [6, 6.07) is 5.11. The zero-order valence-electron chi connectivity index (χ0n) is 10.3. The Morgan fingerprint density at radius 3 is 2.56 bits per heavy atom. The predicted molar refractivity (Wildman–Crippen MR) is 65.5 cm³/mol. The third-order valence-electron chi connectivity index (χ3n) is 2.27. The molecule has 1 rings (SSSR count). The van der Waals surface area contributed by atoms with Gasteiger partial charge in [-0.2, -0.15) is 0 Å². The molecule has 3 nitrogen and oxygen atoms in total. The summed E-state index contributed by atoms with van der Waals surface area (Å²) in [4.78, 5) is 11.7. The van der Waals surface area contributed by atoms with Gasteiger partial charge in [-0.15, -0.1) is 0 Å². The number of amides is 1. The second-order valence-corrected chi connectivity index (χ2v) is 5.24. The smallest absolute Gasteiger partial charge is 0.224 e. The number of aromatic hydroxyl groups is 1. The standard InChI is InChI=1S/C13H19NO2/c1-9-10(6-5-7-11(9)15)14-12(16)8-13(2,3)4/h5-7,15H,8H2,1-4H3,(H,14,16). The quantitative estimate of drug-likeness (QED) is 0.806. The lowest BCUT2D eigenvalue weighted by Crippen LogP contribution is -2.20. The number of anilines is 1. The minimum Gasteiger partial charge on any atom is -0.508 e. The highest BCUT2D eigenvalue weighted by Gasteiger charge is 2.16. The third-order valence-corrected chi connectivity index (χ3v) is 2.27. The maximum Gasteiger partial charge on any atom is 0.224 e. The van der Waals surface area contributed by atoms with Crippen LogP contribution in [0, 0.1) is 12.3 Å². The number of phenolic OH excluding ortho intramolecular Hbond substituents is 1. The largest absolute Gasteiger partial charge is 0.508 e. The van der Waals surface area contributed by atoms with Crippen LogP contribution < -0.4 is 5.32 Å². The van der Waals surface area contributed by atoms with Crippen LogP contribution in [-0.4, -0.2) is 11.0 Å². The van der Waals surface area contributed by atoms with E-state index in [4.69, 9.17) is 0 Å². The van der Waals surface area contributed by atoms with Gasteiger partial charge in [-0.1, -0.05) is 26.8 Å². The van der Waals surface area contributed by atoms with Crippen molar-refractivity contribution in [1.82, 2.24) is 0 Å². The average Bonchev–Trinajstić information content (AvgIpc) is 2.09. The van der Waals surface area contributed by atoms with Crippen LogP contribution >= 0.6 is 0 Å². The van der Waals surface area contributed by atoms with E-state index in [1.807, 2.05) is 20.8 Å². The van der Waals surface area contributed by atoms with Crippen LogP contribution in [0.25, 0.3) is 0 Å². The summed E-state index contributed by atoms with van der Waals surface area (Å²) in [6.07, 6.45) is 0.460. The summed E-state index contributed by atoms with van der Waals surface area (Å²) in [7, 11) is 0. The van der Waals surface area contributed by atoms with Gasteiger partial charge in [-0.3, -0.25) is 4.79 Å². The zero-order valence-corrected chi connectivity index (χ0v) is 10.3. The first-order valence-electron chi connectivity index (χ1n) is 5.38. The molecular weight excluding hydrogens is 202 g/mol. The summed E-state index contributed by atoms with van der Waals surface area (Å²) >= 11 is 0. The van der Waals surface area contributed by atoms with E-state index in [0.717, 1.165) is 0 Å². The van der Waals surface area contributed by atoms with E-state index in [9.17, 15) is 9.90 Å². The fourth-order valence-corrected chi connectivity index (χ4v) is 1.43. The van der Waals surface area contributed by atoms with Gasteiger partial charge in [-0.25, -0.2) is 0 Å². The fourth-order valence-electron chi connectivity index (χ4n) is 1.43. The molecule has 0 aromatic heterocycles. The molecule has 0 aliphatic carbocycles. The van der Waals surface area contributed by atoms with Crippen molar-refractivity contribution in [3.8, 4) is 5.75 Å². The molecule has 3 heteroatoms. The molecule has 0 radical (unpaired) electrons. The Balaban J connectivity index is 2.74. The molecule has 0 bridgehead atoms. The average molecular weight is 221 g/mol. The number of phenols is 1. The maximum atomic E-state index is 11.7. The summed E-state index contributed by atoms with van der Waals surface area (Å²) in [5, 5.41) is 12.3. The van der Waals surface area contributed by atoms with Crippen LogP contribution in [0.4, 0.5) is 5.69 Å². The van der Waals surface area contributed by atoms with Crippen molar-refractivity contribution in [2.24, 2.45) is 5.41 Å².